The second kappa shape index (κ2) is 8.93. The number of anilines is 1. The lowest BCUT2D eigenvalue weighted by Gasteiger charge is -2.09. The summed E-state index contributed by atoms with van der Waals surface area (Å²) in [6.07, 6.45) is 5.38. The largest absolute Gasteiger partial charge is 0.465 e. The number of hydrogen-bond acceptors (Lipinski definition) is 7. The number of hydrogen-bond donors (Lipinski definition) is 2. The predicted molar refractivity (Wildman–Crippen MR) is 114 cm³/mol. The van der Waals surface area contributed by atoms with Crippen molar-refractivity contribution in [3.8, 4) is 0 Å². The summed E-state index contributed by atoms with van der Waals surface area (Å²) in [6.45, 7) is 0. The first-order chi connectivity index (χ1) is 13.9. The number of benzene rings is 1. The van der Waals surface area contributed by atoms with Gasteiger partial charge in [-0.25, -0.2) is 4.79 Å². The van der Waals surface area contributed by atoms with Crippen LogP contribution >= 0.6 is 23.6 Å². The van der Waals surface area contributed by atoms with Gasteiger partial charge in [-0.1, -0.05) is 12.1 Å². The third-order valence-electron chi connectivity index (χ3n) is 4.28. The second-order valence-corrected chi connectivity index (χ2v) is 7.70. The number of ether oxygens (including phenoxy) is 1. The van der Waals surface area contributed by atoms with E-state index >= 15 is 0 Å². The molecule has 1 aromatic heterocycles. The number of amides is 1. The van der Waals surface area contributed by atoms with Gasteiger partial charge in [0.2, 0.25) is 5.91 Å². The molecule has 0 bridgehead atoms. The predicted octanol–water partition coefficient (Wildman–Crippen LogP) is 3.46. The molecule has 0 unspecified atom stereocenters. The number of nitrogens with one attached hydrogen (secondary N) is 2. The molecule has 1 heterocycles. The molecule has 29 heavy (non-hydrogen) atoms. The highest BCUT2D eigenvalue weighted by molar-refractivity contribution is 7.80. The number of nitro benzene ring substituents is 1. The Bertz CT molecular complexity index is 1030. The minimum Gasteiger partial charge on any atom is -0.465 e. The van der Waals surface area contributed by atoms with Gasteiger partial charge in [0.05, 0.1) is 17.6 Å². The Morgan fingerprint density at radius 1 is 1.34 bits per heavy atom. The minimum atomic E-state index is -0.506. The van der Waals surface area contributed by atoms with Gasteiger partial charge in [0.15, 0.2) is 5.11 Å². The third-order valence-corrected chi connectivity index (χ3v) is 5.69. The molecule has 150 valence electrons. The molecule has 3 rings (SSSR count). The van der Waals surface area contributed by atoms with Crippen LogP contribution in [0.15, 0.2) is 30.3 Å². The van der Waals surface area contributed by atoms with Crippen LogP contribution in [0, 0.1) is 10.1 Å². The van der Waals surface area contributed by atoms with Gasteiger partial charge in [-0.2, -0.15) is 0 Å². The Hall–Kier alpha value is -3.11. The lowest BCUT2D eigenvalue weighted by molar-refractivity contribution is -0.384. The molecular weight excluding hydrogens is 414 g/mol. The van der Waals surface area contributed by atoms with Gasteiger partial charge in [-0.3, -0.25) is 20.2 Å². The average molecular weight is 431 g/mol. The van der Waals surface area contributed by atoms with Crippen LogP contribution in [-0.2, 0) is 22.4 Å². The van der Waals surface area contributed by atoms with Crippen molar-refractivity contribution in [3.63, 3.8) is 0 Å². The van der Waals surface area contributed by atoms with Crippen LogP contribution in [0.3, 0.4) is 0 Å². The topological polar surface area (TPSA) is 111 Å². The fourth-order valence-electron chi connectivity index (χ4n) is 3.01. The van der Waals surface area contributed by atoms with E-state index in [9.17, 15) is 19.7 Å². The lowest BCUT2D eigenvalue weighted by atomic mass is 10.1. The van der Waals surface area contributed by atoms with E-state index in [0.717, 1.165) is 29.7 Å². The van der Waals surface area contributed by atoms with Crippen molar-refractivity contribution >= 4 is 57.3 Å². The maximum Gasteiger partial charge on any atom is 0.341 e. The first kappa shape index (κ1) is 20.6. The van der Waals surface area contributed by atoms with Crippen molar-refractivity contribution in [2.45, 2.75) is 19.3 Å². The Morgan fingerprint density at radius 2 is 2.14 bits per heavy atom. The number of esters is 1. The normalized spacial score (nSPS) is 12.4. The van der Waals surface area contributed by atoms with Crippen LogP contribution < -0.4 is 10.6 Å². The molecule has 0 saturated carbocycles. The number of thiocarbonyl (C=S) groups is 1. The molecule has 0 radical (unpaired) electrons. The van der Waals surface area contributed by atoms with Crippen LogP contribution in [0.1, 0.15) is 32.8 Å². The minimum absolute atomic E-state index is 0.0452. The molecule has 0 atom stereocenters. The summed E-state index contributed by atoms with van der Waals surface area (Å²) in [5.74, 6) is -0.940. The van der Waals surface area contributed by atoms with E-state index in [0.29, 0.717) is 16.1 Å². The number of rotatable bonds is 5. The fraction of sp³-hybridized carbons (Fsp3) is 0.211. The molecule has 2 aromatic rings. The summed E-state index contributed by atoms with van der Waals surface area (Å²) >= 11 is 6.61. The summed E-state index contributed by atoms with van der Waals surface area (Å²) in [4.78, 5) is 35.7. The molecule has 1 aliphatic carbocycles. The van der Waals surface area contributed by atoms with E-state index in [1.807, 2.05) is 0 Å². The molecule has 8 nitrogen and oxygen atoms in total. The van der Waals surface area contributed by atoms with Gasteiger partial charge in [0.1, 0.15) is 5.00 Å². The summed E-state index contributed by atoms with van der Waals surface area (Å²) in [5, 5.41) is 16.8. The van der Waals surface area contributed by atoms with E-state index in [1.165, 1.54) is 48.8 Å². The second-order valence-electron chi connectivity index (χ2n) is 6.18. The first-order valence-electron chi connectivity index (χ1n) is 8.66. The Labute approximate surface area is 175 Å². The summed E-state index contributed by atoms with van der Waals surface area (Å²) < 4.78 is 4.88. The number of nitro groups is 1. The fourth-order valence-corrected chi connectivity index (χ4v) is 4.56. The average Bonchev–Trinajstić information content (AvgIpc) is 3.26. The number of carbonyl (C=O) groups excluding carboxylic acids is 2. The molecule has 1 amide bonds. The molecule has 2 N–H and O–H groups in total. The van der Waals surface area contributed by atoms with Gasteiger partial charge >= 0.3 is 5.97 Å². The van der Waals surface area contributed by atoms with E-state index in [2.05, 4.69) is 10.6 Å². The Kier molecular flexibility index (Phi) is 6.35. The maximum absolute atomic E-state index is 12.1. The number of fused-ring (bicyclic) bond motifs is 1. The van der Waals surface area contributed by atoms with Gasteiger partial charge in [0, 0.05) is 23.1 Å². The van der Waals surface area contributed by atoms with Crippen LogP contribution in [0.25, 0.3) is 6.08 Å². The van der Waals surface area contributed by atoms with Gasteiger partial charge in [-0.05, 0) is 48.7 Å². The standard InChI is InChI=1S/C19H17N3O5S2/c1-27-18(24)16-13-6-3-7-14(13)29-17(16)21-19(28)20-15(23)9-8-11-4-2-5-12(10-11)22(25)26/h2,4-5,8-10H,3,6-7H2,1H3,(H2,20,21,23,28)/b9-8+. The molecule has 10 heteroatoms. The Morgan fingerprint density at radius 3 is 2.86 bits per heavy atom. The van der Waals surface area contributed by atoms with Crippen LogP contribution in [0.5, 0.6) is 0 Å². The highest BCUT2D eigenvalue weighted by Crippen LogP contribution is 2.39. The third kappa shape index (κ3) is 4.84. The number of aryl methyl sites for hydroxylation is 1. The highest BCUT2D eigenvalue weighted by Gasteiger charge is 2.27. The zero-order valence-corrected chi connectivity index (χ0v) is 17.0. The summed E-state index contributed by atoms with van der Waals surface area (Å²) in [6, 6.07) is 5.90. The monoisotopic (exact) mass is 431 g/mol. The van der Waals surface area contributed by atoms with E-state index < -0.39 is 16.8 Å². The number of carbonyl (C=O) groups is 2. The van der Waals surface area contributed by atoms with Crippen LogP contribution in [-0.4, -0.2) is 29.0 Å². The number of non-ortho nitro benzene ring substituents is 1. The highest BCUT2D eigenvalue weighted by atomic mass is 32.1. The van der Waals surface area contributed by atoms with Crippen molar-refractivity contribution in [3.05, 3.63) is 62.0 Å². The summed E-state index contributed by atoms with van der Waals surface area (Å²) in [5.41, 5.74) is 1.89. The molecule has 1 aliphatic rings. The number of nitrogens with zero attached hydrogens (tertiary/aromatic N) is 1. The van der Waals surface area contributed by atoms with Crippen LogP contribution in [0.4, 0.5) is 10.7 Å². The zero-order chi connectivity index (χ0) is 21.0. The van der Waals surface area contributed by atoms with Gasteiger partial charge in [-0.15, -0.1) is 11.3 Å². The molecule has 0 saturated heterocycles. The van der Waals surface area contributed by atoms with Crippen molar-refractivity contribution in [2.24, 2.45) is 0 Å². The molecule has 1 aromatic carbocycles. The van der Waals surface area contributed by atoms with Crippen molar-refractivity contribution < 1.29 is 19.2 Å². The van der Waals surface area contributed by atoms with Gasteiger partial charge < -0.3 is 10.1 Å². The van der Waals surface area contributed by atoms with Crippen molar-refractivity contribution in [1.29, 1.82) is 0 Å². The molecule has 0 aliphatic heterocycles. The SMILES string of the molecule is COC(=O)c1c(NC(=S)NC(=O)/C=C/c2cccc([N+](=O)[O-])c2)sc2c1CCC2. The maximum atomic E-state index is 12.1. The van der Waals surface area contributed by atoms with E-state index in [4.69, 9.17) is 17.0 Å². The quantitative estimate of drug-likeness (QED) is 0.245. The van der Waals surface area contributed by atoms with Crippen LogP contribution in [0.2, 0.25) is 0 Å². The molecular formula is C19H17N3O5S2. The zero-order valence-electron chi connectivity index (χ0n) is 15.4. The summed E-state index contributed by atoms with van der Waals surface area (Å²) in [7, 11) is 1.32. The number of methoxy groups -OCH3 is 1. The van der Waals surface area contributed by atoms with E-state index in [1.54, 1.807) is 6.07 Å². The Balaban J connectivity index is 1.65. The first-order valence-corrected chi connectivity index (χ1v) is 9.89. The van der Waals surface area contributed by atoms with Gasteiger partial charge in [0.25, 0.3) is 5.69 Å². The smallest absolute Gasteiger partial charge is 0.341 e. The van der Waals surface area contributed by atoms with Crippen molar-refractivity contribution in [2.75, 3.05) is 12.4 Å². The van der Waals surface area contributed by atoms with Crippen molar-refractivity contribution in [1.82, 2.24) is 5.32 Å². The molecule has 0 spiro atoms. The molecule has 0 fully saturated rings. The lowest BCUT2D eigenvalue weighted by Crippen LogP contribution is -2.33. The number of thiophene rings is 1. The van der Waals surface area contributed by atoms with E-state index in [-0.39, 0.29) is 10.8 Å².